The van der Waals surface area contributed by atoms with Crippen LogP contribution in [0.15, 0.2) is 18.3 Å². The normalized spacial score (nSPS) is 19.5. The molecule has 0 bridgehead atoms. The molecule has 2 aromatic rings. The second kappa shape index (κ2) is 8.50. The zero-order chi connectivity index (χ0) is 17.8. The molecular formula is C19H30N6S. The predicted octanol–water partition coefficient (Wildman–Crippen LogP) is 2.75. The zero-order valence-electron chi connectivity index (χ0n) is 15.7. The third-order valence-corrected chi connectivity index (χ3v) is 6.59. The average molecular weight is 375 g/mol. The summed E-state index contributed by atoms with van der Waals surface area (Å²) in [7, 11) is 0. The molecule has 4 heterocycles. The molecule has 0 aliphatic carbocycles. The zero-order valence-corrected chi connectivity index (χ0v) is 16.5. The summed E-state index contributed by atoms with van der Waals surface area (Å²) in [6.45, 7) is 10.1. The molecule has 2 saturated heterocycles. The summed E-state index contributed by atoms with van der Waals surface area (Å²) in [6.07, 6.45) is 7.33. The molecule has 0 radical (unpaired) electrons. The van der Waals surface area contributed by atoms with Crippen LogP contribution in [0.4, 0.5) is 5.13 Å². The average Bonchev–Trinajstić information content (AvgIpc) is 3.40. The van der Waals surface area contributed by atoms with Crippen LogP contribution in [0.25, 0.3) is 5.13 Å². The van der Waals surface area contributed by atoms with Crippen LogP contribution in [0.2, 0.25) is 0 Å². The van der Waals surface area contributed by atoms with Gasteiger partial charge in [0, 0.05) is 44.6 Å². The van der Waals surface area contributed by atoms with E-state index in [4.69, 9.17) is 0 Å². The minimum Gasteiger partial charge on any atom is -0.347 e. The van der Waals surface area contributed by atoms with E-state index in [1.54, 1.807) is 11.3 Å². The first-order chi connectivity index (χ1) is 12.8. The van der Waals surface area contributed by atoms with Gasteiger partial charge >= 0.3 is 0 Å². The van der Waals surface area contributed by atoms with Gasteiger partial charge in [-0.3, -0.25) is 4.57 Å². The Labute approximate surface area is 160 Å². The monoisotopic (exact) mass is 374 g/mol. The van der Waals surface area contributed by atoms with Gasteiger partial charge in [0.1, 0.15) is 0 Å². The Kier molecular flexibility index (Phi) is 5.87. The van der Waals surface area contributed by atoms with Crippen molar-refractivity contribution in [3.8, 4) is 5.13 Å². The molecule has 7 heteroatoms. The lowest BCUT2D eigenvalue weighted by atomic mass is 10.00. The van der Waals surface area contributed by atoms with E-state index in [0.717, 1.165) is 48.9 Å². The topological polar surface area (TPSA) is 49.2 Å². The fraction of sp³-hybridized carbons (Fsp3) is 0.684. The molecule has 2 aliphatic heterocycles. The lowest BCUT2D eigenvalue weighted by Crippen LogP contribution is -2.32. The molecule has 142 valence electrons. The molecule has 0 aromatic carbocycles. The summed E-state index contributed by atoms with van der Waals surface area (Å²) < 4.78 is 2.18. The highest BCUT2D eigenvalue weighted by Crippen LogP contribution is 2.28. The van der Waals surface area contributed by atoms with E-state index < -0.39 is 0 Å². The van der Waals surface area contributed by atoms with Crippen LogP contribution in [0.5, 0.6) is 0 Å². The molecule has 0 amide bonds. The second-order valence-corrected chi connectivity index (χ2v) is 8.57. The number of likely N-dealkylation sites (tertiary alicyclic amines) is 1. The third kappa shape index (κ3) is 4.27. The van der Waals surface area contributed by atoms with Gasteiger partial charge in [-0.2, -0.15) is 0 Å². The van der Waals surface area contributed by atoms with Crippen molar-refractivity contribution < 1.29 is 0 Å². The van der Waals surface area contributed by atoms with E-state index in [2.05, 4.69) is 55.1 Å². The summed E-state index contributed by atoms with van der Waals surface area (Å²) in [5, 5.41) is 14.5. The number of piperidine rings is 1. The van der Waals surface area contributed by atoms with Crippen molar-refractivity contribution in [2.24, 2.45) is 5.92 Å². The molecule has 2 fully saturated rings. The Morgan fingerprint density at radius 2 is 1.88 bits per heavy atom. The van der Waals surface area contributed by atoms with Gasteiger partial charge in [-0.05, 0) is 56.8 Å². The first-order valence-corrected chi connectivity index (χ1v) is 10.8. The van der Waals surface area contributed by atoms with Crippen LogP contribution in [0, 0.1) is 5.92 Å². The van der Waals surface area contributed by atoms with Gasteiger partial charge in [-0.25, -0.2) is 0 Å². The molecule has 0 saturated carbocycles. The van der Waals surface area contributed by atoms with Gasteiger partial charge in [-0.1, -0.05) is 18.3 Å². The maximum absolute atomic E-state index is 4.46. The summed E-state index contributed by atoms with van der Waals surface area (Å²) in [5.74, 6) is 0.835. The van der Waals surface area contributed by atoms with Crippen LogP contribution in [-0.4, -0.2) is 58.9 Å². The van der Waals surface area contributed by atoms with E-state index in [1.807, 2.05) is 0 Å². The standard InChI is InChI=1S/C19H30N6S/c1-16-6-12-24(13-7-16)18-21-22-19(26-18)25-11-4-5-17(25)15-20-8-14-23-9-2-3-10-23/h4-5,11,16,20H,2-3,6-10,12-15H2,1H3. The van der Waals surface area contributed by atoms with Crippen LogP contribution in [0.1, 0.15) is 38.3 Å². The second-order valence-electron chi connectivity index (χ2n) is 7.63. The Morgan fingerprint density at radius 1 is 1.12 bits per heavy atom. The van der Waals surface area contributed by atoms with E-state index in [0.29, 0.717) is 0 Å². The van der Waals surface area contributed by atoms with Crippen molar-refractivity contribution in [2.75, 3.05) is 44.2 Å². The number of hydrogen-bond acceptors (Lipinski definition) is 6. The maximum Gasteiger partial charge on any atom is 0.218 e. The minimum absolute atomic E-state index is 0.835. The Balaban J connectivity index is 1.33. The number of hydrogen-bond donors (Lipinski definition) is 1. The Morgan fingerprint density at radius 3 is 2.69 bits per heavy atom. The van der Waals surface area contributed by atoms with Crippen molar-refractivity contribution in [3.05, 3.63) is 24.0 Å². The summed E-state index contributed by atoms with van der Waals surface area (Å²) >= 11 is 1.70. The van der Waals surface area contributed by atoms with Gasteiger partial charge in [-0.15, -0.1) is 10.2 Å². The lowest BCUT2D eigenvalue weighted by Gasteiger charge is -2.29. The van der Waals surface area contributed by atoms with Crippen LogP contribution < -0.4 is 10.2 Å². The molecule has 2 aliphatic rings. The van der Waals surface area contributed by atoms with E-state index in [-0.39, 0.29) is 0 Å². The molecule has 0 spiro atoms. The van der Waals surface area contributed by atoms with Gasteiger partial charge in [0.15, 0.2) is 0 Å². The van der Waals surface area contributed by atoms with Crippen molar-refractivity contribution in [1.29, 1.82) is 0 Å². The molecule has 4 rings (SSSR count). The smallest absolute Gasteiger partial charge is 0.218 e. The van der Waals surface area contributed by atoms with Crippen molar-refractivity contribution >= 4 is 16.5 Å². The van der Waals surface area contributed by atoms with E-state index in [1.165, 1.54) is 44.5 Å². The Bertz CT molecular complexity index is 682. The highest BCUT2D eigenvalue weighted by Gasteiger charge is 2.20. The van der Waals surface area contributed by atoms with Crippen molar-refractivity contribution in [3.63, 3.8) is 0 Å². The van der Waals surface area contributed by atoms with Gasteiger partial charge < -0.3 is 15.1 Å². The molecule has 2 aromatic heterocycles. The fourth-order valence-electron chi connectivity index (χ4n) is 3.84. The number of rotatable bonds is 7. The van der Waals surface area contributed by atoms with E-state index in [9.17, 15) is 0 Å². The maximum atomic E-state index is 4.46. The first-order valence-electron chi connectivity index (χ1n) is 9.98. The fourth-order valence-corrected chi connectivity index (χ4v) is 4.75. The highest BCUT2D eigenvalue weighted by atomic mass is 32.1. The molecule has 0 unspecified atom stereocenters. The highest BCUT2D eigenvalue weighted by molar-refractivity contribution is 7.17. The molecular weight excluding hydrogens is 344 g/mol. The number of aromatic nitrogens is 3. The SMILES string of the molecule is CC1CCN(c2nnc(-n3cccc3CNCCN3CCCC3)s2)CC1. The van der Waals surface area contributed by atoms with Crippen LogP contribution in [0.3, 0.4) is 0 Å². The predicted molar refractivity (Wildman–Crippen MR) is 107 cm³/mol. The van der Waals surface area contributed by atoms with Gasteiger partial charge in [0.25, 0.3) is 0 Å². The minimum atomic E-state index is 0.835. The van der Waals surface area contributed by atoms with Gasteiger partial charge in [0.05, 0.1) is 0 Å². The molecule has 0 atom stereocenters. The van der Waals surface area contributed by atoms with E-state index >= 15 is 0 Å². The van der Waals surface area contributed by atoms with Crippen molar-refractivity contribution in [1.82, 2.24) is 25.0 Å². The molecule has 6 nitrogen and oxygen atoms in total. The Hall–Kier alpha value is -1.44. The quantitative estimate of drug-likeness (QED) is 0.755. The summed E-state index contributed by atoms with van der Waals surface area (Å²) in [6, 6.07) is 4.27. The molecule has 26 heavy (non-hydrogen) atoms. The molecule has 1 N–H and O–H groups in total. The number of nitrogens with zero attached hydrogens (tertiary/aromatic N) is 5. The van der Waals surface area contributed by atoms with Crippen molar-refractivity contribution in [2.45, 2.75) is 39.2 Å². The summed E-state index contributed by atoms with van der Waals surface area (Å²) in [4.78, 5) is 4.93. The van der Waals surface area contributed by atoms with Crippen LogP contribution >= 0.6 is 11.3 Å². The number of anilines is 1. The summed E-state index contributed by atoms with van der Waals surface area (Å²) in [5.41, 5.74) is 1.25. The third-order valence-electron chi connectivity index (χ3n) is 5.61. The number of nitrogens with one attached hydrogen (secondary N) is 1. The van der Waals surface area contributed by atoms with Gasteiger partial charge in [0.2, 0.25) is 10.3 Å². The van der Waals surface area contributed by atoms with Crippen LogP contribution in [-0.2, 0) is 6.54 Å². The largest absolute Gasteiger partial charge is 0.347 e. The first kappa shape index (κ1) is 17.9. The lowest BCUT2D eigenvalue weighted by molar-refractivity contribution is 0.335.